The molecule has 60 valence electrons. The first-order valence-corrected chi connectivity index (χ1v) is 4.17. The predicted molar refractivity (Wildman–Crippen MR) is 48.6 cm³/mol. The first-order valence-electron chi connectivity index (χ1n) is 3.38. The molecule has 0 spiro atoms. The Bertz CT molecular complexity index is 312. The minimum absolute atomic E-state index is 0.641. The number of hydrogen-bond acceptors (Lipinski definition) is 2. The van der Waals surface area contributed by atoms with E-state index in [4.69, 9.17) is 5.26 Å². The Labute approximate surface area is 78.9 Å². The number of benzene rings is 1. The molecule has 12 heavy (non-hydrogen) atoms. The lowest BCUT2D eigenvalue weighted by Gasteiger charge is -1.99. The first kappa shape index (κ1) is 8.95. The number of hydrogen-bond donors (Lipinski definition) is 0. The molecule has 3 heteroatoms. The molecule has 1 aromatic carbocycles. The fourth-order valence-electron chi connectivity index (χ4n) is 0.854. The minimum atomic E-state index is -0.641. The van der Waals surface area contributed by atoms with Gasteiger partial charge in [0, 0.05) is 4.47 Å². The van der Waals surface area contributed by atoms with Crippen LogP contribution in [0.15, 0.2) is 28.7 Å². The molecule has 0 fully saturated rings. The van der Waals surface area contributed by atoms with E-state index in [-0.39, 0.29) is 0 Å². The van der Waals surface area contributed by atoms with E-state index in [1.165, 1.54) is 0 Å². The molecule has 0 unspecified atom stereocenters. The summed E-state index contributed by atoms with van der Waals surface area (Å²) >= 11 is 3.27. The molecule has 0 aliphatic rings. The molecular formula is C9H6BrNO. The van der Waals surface area contributed by atoms with Gasteiger partial charge in [-0.25, -0.2) is 0 Å². The van der Waals surface area contributed by atoms with E-state index in [0.717, 1.165) is 10.0 Å². The molecule has 0 N–H and O–H groups in total. The Morgan fingerprint density at radius 2 is 2.00 bits per heavy atom. The van der Waals surface area contributed by atoms with Crippen molar-refractivity contribution in [3.63, 3.8) is 0 Å². The monoisotopic (exact) mass is 223 g/mol. The van der Waals surface area contributed by atoms with Crippen molar-refractivity contribution in [1.29, 1.82) is 5.26 Å². The number of halogens is 1. The van der Waals surface area contributed by atoms with Gasteiger partial charge in [-0.2, -0.15) is 5.26 Å². The molecule has 0 aromatic heterocycles. The van der Waals surface area contributed by atoms with Crippen molar-refractivity contribution in [2.24, 2.45) is 0 Å². The molecule has 0 aliphatic carbocycles. The zero-order valence-corrected chi connectivity index (χ0v) is 7.78. The third-order valence-electron chi connectivity index (χ3n) is 1.50. The first-order chi connectivity index (χ1) is 5.77. The Kier molecular flexibility index (Phi) is 3.01. The highest BCUT2D eigenvalue weighted by Gasteiger charge is 2.07. The zero-order valence-electron chi connectivity index (χ0n) is 6.20. The standard InChI is InChI=1S/C9H6BrNO/c10-9-3-1-7(2-4-9)8(5-11)6-12/h1-4,6,8H/t8-/m1/s1. The number of nitriles is 1. The van der Waals surface area contributed by atoms with E-state index in [1.807, 2.05) is 18.2 Å². The van der Waals surface area contributed by atoms with Gasteiger partial charge in [0.25, 0.3) is 0 Å². The van der Waals surface area contributed by atoms with Crippen LogP contribution < -0.4 is 0 Å². The lowest BCUT2D eigenvalue weighted by atomic mass is 10.0. The molecule has 0 aliphatic heterocycles. The van der Waals surface area contributed by atoms with Crippen molar-refractivity contribution in [3.05, 3.63) is 34.3 Å². The SMILES string of the molecule is N#C[C@H](C=O)c1ccc(Br)cc1. The number of rotatable bonds is 2. The van der Waals surface area contributed by atoms with Gasteiger partial charge in [-0.15, -0.1) is 0 Å². The summed E-state index contributed by atoms with van der Waals surface area (Å²) in [5.74, 6) is -0.641. The van der Waals surface area contributed by atoms with Gasteiger partial charge in [0.15, 0.2) is 0 Å². The Morgan fingerprint density at radius 3 is 2.42 bits per heavy atom. The third kappa shape index (κ3) is 1.93. The van der Waals surface area contributed by atoms with Crippen LogP contribution in [-0.4, -0.2) is 6.29 Å². The Hall–Kier alpha value is -1.14. The summed E-state index contributed by atoms with van der Waals surface area (Å²) < 4.78 is 0.939. The molecule has 0 radical (unpaired) electrons. The van der Waals surface area contributed by atoms with Crippen molar-refractivity contribution in [3.8, 4) is 6.07 Å². The Balaban J connectivity index is 2.97. The van der Waals surface area contributed by atoms with Gasteiger partial charge in [-0.3, -0.25) is 0 Å². The predicted octanol–water partition coefficient (Wildman–Crippen LogP) is 2.26. The van der Waals surface area contributed by atoms with Gasteiger partial charge in [0.2, 0.25) is 0 Å². The second-order valence-electron chi connectivity index (χ2n) is 2.29. The van der Waals surface area contributed by atoms with E-state index >= 15 is 0 Å². The van der Waals surface area contributed by atoms with Crippen molar-refractivity contribution in [1.82, 2.24) is 0 Å². The zero-order chi connectivity index (χ0) is 8.97. The average Bonchev–Trinajstić information content (AvgIpc) is 2.10. The van der Waals surface area contributed by atoms with Crippen LogP contribution >= 0.6 is 15.9 Å². The second-order valence-corrected chi connectivity index (χ2v) is 3.21. The van der Waals surface area contributed by atoms with Crippen LogP contribution in [0.1, 0.15) is 11.5 Å². The van der Waals surface area contributed by atoms with Gasteiger partial charge in [-0.05, 0) is 17.7 Å². The molecule has 0 saturated heterocycles. The van der Waals surface area contributed by atoms with Crippen LogP contribution in [0.2, 0.25) is 0 Å². The summed E-state index contributed by atoms with van der Waals surface area (Å²) in [6.07, 6.45) is 0.642. The normalized spacial score (nSPS) is 11.7. The highest BCUT2D eigenvalue weighted by molar-refractivity contribution is 9.10. The number of carbonyl (C=O) groups is 1. The lowest BCUT2D eigenvalue weighted by Crippen LogP contribution is -1.95. The molecule has 0 bridgehead atoms. The van der Waals surface area contributed by atoms with Crippen molar-refractivity contribution >= 4 is 22.2 Å². The second kappa shape index (κ2) is 4.03. The van der Waals surface area contributed by atoms with Crippen molar-refractivity contribution in [2.75, 3.05) is 0 Å². The maximum Gasteiger partial charge on any atom is 0.141 e. The molecule has 1 rings (SSSR count). The maximum absolute atomic E-state index is 10.4. The van der Waals surface area contributed by atoms with E-state index in [1.54, 1.807) is 12.1 Å². The highest BCUT2D eigenvalue weighted by atomic mass is 79.9. The summed E-state index contributed by atoms with van der Waals surface area (Å²) in [7, 11) is 0. The minimum Gasteiger partial charge on any atom is -0.302 e. The van der Waals surface area contributed by atoms with Crippen LogP contribution in [0.4, 0.5) is 0 Å². The Morgan fingerprint density at radius 1 is 1.42 bits per heavy atom. The van der Waals surface area contributed by atoms with Gasteiger partial charge in [-0.1, -0.05) is 28.1 Å². The molecule has 1 atom stereocenters. The van der Waals surface area contributed by atoms with Crippen LogP contribution in [0.3, 0.4) is 0 Å². The van der Waals surface area contributed by atoms with E-state index in [0.29, 0.717) is 6.29 Å². The number of carbonyl (C=O) groups excluding carboxylic acids is 1. The van der Waals surface area contributed by atoms with Crippen LogP contribution in [0, 0.1) is 11.3 Å². The topological polar surface area (TPSA) is 40.9 Å². The third-order valence-corrected chi connectivity index (χ3v) is 2.03. The lowest BCUT2D eigenvalue weighted by molar-refractivity contribution is -0.108. The van der Waals surface area contributed by atoms with Gasteiger partial charge in [0.1, 0.15) is 12.2 Å². The highest BCUT2D eigenvalue weighted by Crippen LogP contribution is 2.16. The van der Waals surface area contributed by atoms with Crippen LogP contribution in [0.25, 0.3) is 0 Å². The quantitative estimate of drug-likeness (QED) is 0.723. The summed E-state index contributed by atoms with van der Waals surface area (Å²) in [6.45, 7) is 0. The number of aldehydes is 1. The summed E-state index contributed by atoms with van der Waals surface area (Å²) in [5.41, 5.74) is 0.732. The van der Waals surface area contributed by atoms with Gasteiger partial charge in [0.05, 0.1) is 6.07 Å². The molecule has 1 aromatic rings. The molecule has 0 amide bonds. The smallest absolute Gasteiger partial charge is 0.141 e. The number of nitrogens with zero attached hydrogens (tertiary/aromatic N) is 1. The fraction of sp³-hybridized carbons (Fsp3) is 0.111. The largest absolute Gasteiger partial charge is 0.302 e. The van der Waals surface area contributed by atoms with E-state index < -0.39 is 5.92 Å². The summed E-state index contributed by atoms with van der Waals surface area (Å²) in [6, 6.07) is 9.03. The van der Waals surface area contributed by atoms with Gasteiger partial charge >= 0.3 is 0 Å². The average molecular weight is 224 g/mol. The molecule has 0 heterocycles. The fourth-order valence-corrected chi connectivity index (χ4v) is 1.12. The van der Waals surface area contributed by atoms with E-state index in [9.17, 15) is 4.79 Å². The summed E-state index contributed by atoms with van der Waals surface area (Å²) in [5, 5.41) is 8.56. The van der Waals surface area contributed by atoms with E-state index in [2.05, 4.69) is 15.9 Å². The van der Waals surface area contributed by atoms with Crippen molar-refractivity contribution in [2.45, 2.75) is 5.92 Å². The molecule has 2 nitrogen and oxygen atoms in total. The molecular weight excluding hydrogens is 218 g/mol. The van der Waals surface area contributed by atoms with Crippen LogP contribution in [0.5, 0.6) is 0 Å². The summed E-state index contributed by atoms with van der Waals surface area (Å²) in [4.78, 5) is 10.4. The maximum atomic E-state index is 10.4. The molecule has 0 saturated carbocycles. The van der Waals surface area contributed by atoms with Crippen molar-refractivity contribution < 1.29 is 4.79 Å². The van der Waals surface area contributed by atoms with Crippen LogP contribution in [-0.2, 0) is 4.79 Å². The van der Waals surface area contributed by atoms with Gasteiger partial charge < -0.3 is 4.79 Å².